The van der Waals surface area contributed by atoms with E-state index < -0.39 is 0 Å². The van der Waals surface area contributed by atoms with Crippen molar-refractivity contribution < 1.29 is 0 Å². The van der Waals surface area contributed by atoms with Crippen LogP contribution in [0.25, 0.3) is 10.8 Å². The van der Waals surface area contributed by atoms with E-state index in [9.17, 15) is 0 Å². The molecule has 0 atom stereocenters. The Morgan fingerprint density at radius 3 is 2.67 bits per heavy atom. The van der Waals surface area contributed by atoms with Crippen molar-refractivity contribution in [3.63, 3.8) is 0 Å². The molecule has 0 unspecified atom stereocenters. The van der Waals surface area contributed by atoms with Gasteiger partial charge in [0.05, 0.1) is 0 Å². The number of fused-ring (bicyclic) bond motifs is 1. The first-order valence-electron chi connectivity index (χ1n) is 5.48. The zero-order valence-electron chi connectivity index (χ0n) is 8.96. The number of nitrogens with two attached hydrogens (primary N) is 1. The molecule has 1 nitrogen and oxygen atoms in total. The highest BCUT2D eigenvalue weighted by Crippen LogP contribution is 2.43. The molecular weight excluding hydrogens is 182 g/mol. The molecule has 0 saturated heterocycles. The Hall–Kier alpha value is -1.34. The summed E-state index contributed by atoms with van der Waals surface area (Å²) >= 11 is 0. The van der Waals surface area contributed by atoms with Crippen molar-refractivity contribution in [3.8, 4) is 0 Å². The van der Waals surface area contributed by atoms with Crippen LogP contribution in [0.4, 0.5) is 0 Å². The molecule has 2 aromatic rings. The summed E-state index contributed by atoms with van der Waals surface area (Å²) in [6, 6.07) is 13.1. The standard InChI is InChI=1S/C14H15N/c1-10-3-2-4-11-9-12(5-6-13(10)11)14(15)7-8-14/h2-6,9H,7-8,15H2,1H3. The molecule has 0 spiro atoms. The Morgan fingerprint density at radius 2 is 1.93 bits per heavy atom. The molecule has 0 bridgehead atoms. The lowest BCUT2D eigenvalue weighted by Gasteiger charge is -2.10. The fraction of sp³-hybridized carbons (Fsp3) is 0.286. The van der Waals surface area contributed by atoms with Crippen molar-refractivity contribution in [2.24, 2.45) is 5.73 Å². The molecule has 76 valence electrons. The highest BCUT2D eigenvalue weighted by Gasteiger charge is 2.39. The van der Waals surface area contributed by atoms with Crippen LogP contribution in [-0.2, 0) is 5.54 Å². The molecule has 0 amide bonds. The predicted molar refractivity (Wildman–Crippen MR) is 63.8 cm³/mol. The van der Waals surface area contributed by atoms with Crippen molar-refractivity contribution in [2.45, 2.75) is 25.3 Å². The van der Waals surface area contributed by atoms with Crippen LogP contribution >= 0.6 is 0 Å². The van der Waals surface area contributed by atoms with Crippen LogP contribution in [0.1, 0.15) is 24.0 Å². The zero-order valence-corrected chi connectivity index (χ0v) is 8.96. The average Bonchev–Trinajstić information content (AvgIpc) is 2.98. The number of hydrogen-bond acceptors (Lipinski definition) is 1. The SMILES string of the molecule is Cc1cccc2cc(C3(N)CC3)ccc12. The van der Waals surface area contributed by atoms with Gasteiger partial charge in [0.15, 0.2) is 0 Å². The molecule has 1 fully saturated rings. The van der Waals surface area contributed by atoms with E-state index in [1.165, 1.54) is 21.9 Å². The molecule has 15 heavy (non-hydrogen) atoms. The first-order valence-corrected chi connectivity index (χ1v) is 5.48. The summed E-state index contributed by atoms with van der Waals surface area (Å²) in [5.41, 5.74) is 8.81. The summed E-state index contributed by atoms with van der Waals surface area (Å²) in [5.74, 6) is 0. The first kappa shape index (κ1) is 8.93. The van der Waals surface area contributed by atoms with Gasteiger partial charge in [0, 0.05) is 5.54 Å². The van der Waals surface area contributed by atoms with Crippen molar-refractivity contribution in [3.05, 3.63) is 47.5 Å². The molecule has 3 rings (SSSR count). The number of hydrogen-bond donors (Lipinski definition) is 1. The highest BCUT2D eigenvalue weighted by atomic mass is 14.8. The fourth-order valence-electron chi connectivity index (χ4n) is 2.18. The summed E-state index contributed by atoms with van der Waals surface area (Å²) in [6.07, 6.45) is 2.26. The molecule has 0 heterocycles. The lowest BCUT2D eigenvalue weighted by molar-refractivity contribution is 0.741. The summed E-state index contributed by atoms with van der Waals surface area (Å²) in [5, 5.41) is 2.65. The Bertz CT molecular complexity index is 524. The Balaban J connectivity index is 2.23. The van der Waals surface area contributed by atoms with E-state index in [2.05, 4.69) is 43.3 Å². The van der Waals surface area contributed by atoms with Gasteiger partial charge in [-0.2, -0.15) is 0 Å². The van der Waals surface area contributed by atoms with Gasteiger partial charge in [-0.05, 0) is 47.7 Å². The number of aryl methyl sites for hydroxylation is 1. The Labute approximate surface area is 89.9 Å². The largest absolute Gasteiger partial charge is 0.321 e. The van der Waals surface area contributed by atoms with Crippen molar-refractivity contribution in [1.82, 2.24) is 0 Å². The van der Waals surface area contributed by atoms with Gasteiger partial charge in [-0.3, -0.25) is 0 Å². The zero-order chi connectivity index (χ0) is 10.5. The van der Waals surface area contributed by atoms with Crippen LogP contribution in [0, 0.1) is 6.92 Å². The van der Waals surface area contributed by atoms with E-state index >= 15 is 0 Å². The molecule has 0 aliphatic heterocycles. The third-order valence-electron chi connectivity index (χ3n) is 3.46. The summed E-state index contributed by atoms with van der Waals surface area (Å²) < 4.78 is 0. The van der Waals surface area contributed by atoms with Crippen LogP contribution in [0.3, 0.4) is 0 Å². The third kappa shape index (κ3) is 1.35. The highest BCUT2D eigenvalue weighted by molar-refractivity contribution is 5.86. The van der Waals surface area contributed by atoms with Gasteiger partial charge < -0.3 is 5.73 Å². The molecule has 2 aromatic carbocycles. The van der Waals surface area contributed by atoms with E-state index in [4.69, 9.17) is 5.73 Å². The van der Waals surface area contributed by atoms with Gasteiger partial charge >= 0.3 is 0 Å². The lowest BCUT2D eigenvalue weighted by atomic mass is 9.99. The second-order valence-electron chi connectivity index (χ2n) is 4.67. The number of rotatable bonds is 1. The topological polar surface area (TPSA) is 26.0 Å². The molecule has 2 N–H and O–H groups in total. The predicted octanol–water partition coefficient (Wildman–Crippen LogP) is 3.10. The van der Waals surface area contributed by atoms with E-state index in [0.717, 1.165) is 12.8 Å². The lowest BCUT2D eigenvalue weighted by Crippen LogP contribution is -2.18. The van der Waals surface area contributed by atoms with Crippen LogP contribution in [0.15, 0.2) is 36.4 Å². The van der Waals surface area contributed by atoms with Crippen LogP contribution in [-0.4, -0.2) is 0 Å². The second kappa shape index (κ2) is 2.83. The summed E-state index contributed by atoms with van der Waals surface area (Å²) in [6.45, 7) is 2.15. The maximum Gasteiger partial charge on any atom is 0.0411 e. The molecule has 0 aromatic heterocycles. The quantitative estimate of drug-likeness (QED) is 0.747. The van der Waals surface area contributed by atoms with Crippen molar-refractivity contribution in [2.75, 3.05) is 0 Å². The molecular formula is C14H15N. The minimum atomic E-state index is -0.0159. The van der Waals surface area contributed by atoms with Gasteiger partial charge in [0.2, 0.25) is 0 Å². The van der Waals surface area contributed by atoms with E-state index in [0.29, 0.717) is 0 Å². The van der Waals surface area contributed by atoms with Gasteiger partial charge in [-0.15, -0.1) is 0 Å². The van der Waals surface area contributed by atoms with Crippen LogP contribution in [0.2, 0.25) is 0 Å². The second-order valence-corrected chi connectivity index (χ2v) is 4.67. The normalized spacial score (nSPS) is 18.0. The van der Waals surface area contributed by atoms with E-state index in [1.54, 1.807) is 0 Å². The maximum absolute atomic E-state index is 6.20. The van der Waals surface area contributed by atoms with Gasteiger partial charge in [0.25, 0.3) is 0 Å². The fourth-order valence-corrected chi connectivity index (χ4v) is 2.18. The summed E-state index contributed by atoms with van der Waals surface area (Å²) in [7, 11) is 0. The Morgan fingerprint density at radius 1 is 1.13 bits per heavy atom. The minimum Gasteiger partial charge on any atom is -0.321 e. The van der Waals surface area contributed by atoms with Crippen molar-refractivity contribution in [1.29, 1.82) is 0 Å². The minimum absolute atomic E-state index is 0.0159. The average molecular weight is 197 g/mol. The molecule has 1 saturated carbocycles. The van der Waals surface area contributed by atoms with Crippen LogP contribution in [0.5, 0.6) is 0 Å². The Kier molecular flexibility index (Phi) is 1.68. The maximum atomic E-state index is 6.20. The monoisotopic (exact) mass is 197 g/mol. The van der Waals surface area contributed by atoms with E-state index in [-0.39, 0.29) is 5.54 Å². The number of benzene rings is 2. The van der Waals surface area contributed by atoms with E-state index in [1.807, 2.05) is 0 Å². The third-order valence-corrected chi connectivity index (χ3v) is 3.46. The molecule has 1 aliphatic rings. The first-order chi connectivity index (χ1) is 7.19. The van der Waals surface area contributed by atoms with Crippen molar-refractivity contribution >= 4 is 10.8 Å². The van der Waals surface area contributed by atoms with Gasteiger partial charge in [-0.25, -0.2) is 0 Å². The summed E-state index contributed by atoms with van der Waals surface area (Å²) in [4.78, 5) is 0. The van der Waals surface area contributed by atoms with Gasteiger partial charge in [0.1, 0.15) is 0 Å². The molecule has 1 heteroatoms. The molecule has 1 aliphatic carbocycles. The smallest absolute Gasteiger partial charge is 0.0411 e. The van der Waals surface area contributed by atoms with Gasteiger partial charge in [-0.1, -0.05) is 30.3 Å². The molecule has 0 radical (unpaired) electrons. The van der Waals surface area contributed by atoms with Crippen LogP contribution < -0.4 is 5.73 Å².